The molecule has 3 rings (SSSR count). The summed E-state index contributed by atoms with van der Waals surface area (Å²) in [4.78, 5) is 2.62. The Labute approximate surface area is 146 Å². The number of benzene rings is 1. The summed E-state index contributed by atoms with van der Waals surface area (Å²) in [5.41, 5.74) is 2.17. The predicted octanol–water partition coefficient (Wildman–Crippen LogP) is 3.46. The first-order valence-electron chi connectivity index (χ1n) is 9.15. The Kier molecular flexibility index (Phi) is 4.94. The van der Waals surface area contributed by atoms with Gasteiger partial charge in [0.2, 0.25) is 10.0 Å². The molecule has 0 bridgehead atoms. The molecule has 3 atom stereocenters. The fourth-order valence-corrected chi connectivity index (χ4v) is 5.02. The molecule has 1 aliphatic heterocycles. The molecule has 0 aromatic heterocycles. The van der Waals surface area contributed by atoms with Gasteiger partial charge in [-0.3, -0.25) is 4.72 Å². The molecule has 1 heterocycles. The molecule has 134 valence electrons. The zero-order valence-corrected chi connectivity index (χ0v) is 15.9. The monoisotopic (exact) mass is 350 g/mol. The normalized spacial score (nSPS) is 29.5. The quantitative estimate of drug-likeness (QED) is 0.731. The molecule has 1 saturated heterocycles. The third-order valence-corrected chi connectivity index (χ3v) is 6.55. The highest BCUT2D eigenvalue weighted by Crippen LogP contribution is 2.63. The highest BCUT2D eigenvalue weighted by Gasteiger charge is 2.65. The standard InChI is InChI=1S/C19H30N2O2S/c1-4-5-6-7-11-21-13-17-18(14-21)19(17,2)15-9-8-10-16(12-15)20-24(3,22)23/h8-10,12,17-18,20H,4-7,11,13-14H2,1-3H3/t17-,18+,19?. The molecular formula is C19H30N2O2S. The Balaban J connectivity index is 1.59. The van der Waals surface area contributed by atoms with Crippen LogP contribution in [-0.2, 0) is 15.4 Å². The summed E-state index contributed by atoms with van der Waals surface area (Å²) in [5, 5.41) is 0. The van der Waals surface area contributed by atoms with Gasteiger partial charge in [0, 0.05) is 24.2 Å². The maximum absolute atomic E-state index is 11.4. The molecule has 1 aromatic rings. The van der Waals surface area contributed by atoms with Gasteiger partial charge in [-0.15, -0.1) is 0 Å². The van der Waals surface area contributed by atoms with E-state index in [0.717, 1.165) is 11.8 Å². The largest absolute Gasteiger partial charge is 0.303 e. The predicted molar refractivity (Wildman–Crippen MR) is 99.8 cm³/mol. The third-order valence-electron chi connectivity index (χ3n) is 5.94. The smallest absolute Gasteiger partial charge is 0.229 e. The fourth-order valence-electron chi connectivity index (χ4n) is 4.47. The number of fused-ring (bicyclic) bond motifs is 1. The Morgan fingerprint density at radius 1 is 1.21 bits per heavy atom. The van der Waals surface area contributed by atoms with Crippen LogP contribution in [0.15, 0.2) is 24.3 Å². The maximum atomic E-state index is 11.4. The van der Waals surface area contributed by atoms with E-state index >= 15 is 0 Å². The summed E-state index contributed by atoms with van der Waals surface area (Å²) in [7, 11) is -3.22. The number of piperidine rings is 1. The average Bonchev–Trinajstić information content (AvgIpc) is 2.88. The number of hydrogen-bond donors (Lipinski definition) is 1. The van der Waals surface area contributed by atoms with Crippen molar-refractivity contribution in [2.75, 3.05) is 30.6 Å². The minimum atomic E-state index is -3.22. The lowest BCUT2D eigenvalue weighted by molar-refractivity contribution is 0.271. The maximum Gasteiger partial charge on any atom is 0.229 e. The van der Waals surface area contributed by atoms with Crippen LogP contribution in [-0.4, -0.2) is 39.2 Å². The highest BCUT2D eigenvalue weighted by molar-refractivity contribution is 7.92. The van der Waals surface area contributed by atoms with Gasteiger partial charge in [0.15, 0.2) is 0 Å². The van der Waals surface area contributed by atoms with Crippen molar-refractivity contribution in [1.29, 1.82) is 0 Å². The van der Waals surface area contributed by atoms with E-state index in [2.05, 4.69) is 29.5 Å². The number of hydrogen-bond acceptors (Lipinski definition) is 3. The molecule has 24 heavy (non-hydrogen) atoms. The summed E-state index contributed by atoms with van der Waals surface area (Å²) >= 11 is 0. The molecule has 0 amide bonds. The van der Waals surface area contributed by atoms with Crippen molar-refractivity contribution < 1.29 is 8.42 Å². The van der Waals surface area contributed by atoms with Gasteiger partial charge in [0.1, 0.15) is 0 Å². The summed E-state index contributed by atoms with van der Waals surface area (Å²) < 4.78 is 25.5. The lowest BCUT2D eigenvalue weighted by Crippen LogP contribution is -2.29. The van der Waals surface area contributed by atoms with Crippen LogP contribution in [0.25, 0.3) is 0 Å². The second-order valence-electron chi connectivity index (χ2n) is 7.77. The Morgan fingerprint density at radius 2 is 1.92 bits per heavy atom. The van der Waals surface area contributed by atoms with Crippen molar-refractivity contribution in [1.82, 2.24) is 4.90 Å². The molecule has 1 aliphatic carbocycles. The van der Waals surface area contributed by atoms with E-state index in [1.54, 1.807) is 0 Å². The van der Waals surface area contributed by atoms with Gasteiger partial charge < -0.3 is 4.90 Å². The van der Waals surface area contributed by atoms with Gasteiger partial charge in [0.05, 0.1) is 6.26 Å². The topological polar surface area (TPSA) is 49.4 Å². The number of anilines is 1. The van der Waals surface area contributed by atoms with Crippen LogP contribution in [0.5, 0.6) is 0 Å². The van der Waals surface area contributed by atoms with Gasteiger partial charge in [0.25, 0.3) is 0 Å². The molecule has 2 aliphatic rings. The first-order chi connectivity index (χ1) is 11.3. The highest BCUT2D eigenvalue weighted by atomic mass is 32.2. The van der Waals surface area contributed by atoms with Crippen LogP contribution in [0.3, 0.4) is 0 Å². The van der Waals surface area contributed by atoms with Crippen molar-refractivity contribution in [3.63, 3.8) is 0 Å². The Hall–Kier alpha value is -1.07. The summed E-state index contributed by atoms with van der Waals surface area (Å²) in [6.45, 7) is 8.21. The molecular weight excluding hydrogens is 320 g/mol. The van der Waals surface area contributed by atoms with Crippen LogP contribution in [0.2, 0.25) is 0 Å². The van der Waals surface area contributed by atoms with Crippen molar-refractivity contribution in [2.45, 2.75) is 44.9 Å². The lowest BCUT2D eigenvalue weighted by Gasteiger charge is -2.24. The van der Waals surface area contributed by atoms with Crippen LogP contribution >= 0.6 is 0 Å². The second kappa shape index (κ2) is 6.68. The van der Waals surface area contributed by atoms with Crippen molar-refractivity contribution in [3.05, 3.63) is 29.8 Å². The third kappa shape index (κ3) is 3.62. The van der Waals surface area contributed by atoms with Gasteiger partial charge in [-0.25, -0.2) is 8.42 Å². The zero-order valence-electron chi connectivity index (χ0n) is 15.1. The molecule has 0 radical (unpaired) electrons. The van der Waals surface area contributed by atoms with Gasteiger partial charge >= 0.3 is 0 Å². The minimum Gasteiger partial charge on any atom is -0.303 e. The van der Waals surface area contributed by atoms with Crippen LogP contribution in [0.1, 0.15) is 45.1 Å². The minimum absolute atomic E-state index is 0.217. The molecule has 0 spiro atoms. The molecule has 5 heteroatoms. The van der Waals surface area contributed by atoms with E-state index in [-0.39, 0.29) is 5.41 Å². The summed E-state index contributed by atoms with van der Waals surface area (Å²) in [6.07, 6.45) is 6.50. The molecule has 1 saturated carbocycles. The van der Waals surface area contributed by atoms with Gasteiger partial charge in [-0.2, -0.15) is 0 Å². The average molecular weight is 351 g/mol. The van der Waals surface area contributed by atoms with E-state index in [1.807, 2.05) is 18.2 Å². The Morgan fingerprint density at radius 3 is 2.54 bits per heavy atom. The van der Waals surface area contributed by atoms with E-state index in [4.69, 9.17) is 0 Å². The summed E-state index contributed by atoms with van der Waals surface area (Å²) in [5.74, 6) is 1.44. The van der Waals surface area contributed by atoms with Crippen LogP contribution in [0, 0.1) is 11.8 Å². The number of nitrogens with one attached hydrogen (secondary N) is 1. The van der Waals surface area contributed by atoms with E-state index < -0.39 is 10.0 Å². The molecule has 1 N–H and O–H groups in total. The van der Waals surface area contributed by atoms with Crippen molar-refractivity contribution in [3.8, 4) is 0 Å². The second-order valence-corrected chi connectivity index (χ2v) is 9.52. The first kappa shape index (κ1) is 17.7. The van der Waals surface area contributed by atoms with E-state index in [0.29, 0.717) is 5.69 Å². The number of rotatable bonds is 8. The van der Waals surface area contributed by atoms with Crippen LogP contribution < -0.4 is 4.72 Å². The molecule has 2 fully saturated rings. The molecule has 4 nitrogen and oxygen atoms in total. The van der Waals surface area contributed by atoms with E-state index in [1.165, 1.54) is 57.1 Å². The van der Waals surface area contributed by atoms with Gasteiger partial charge in [-0.05, 0) is 42.5 Å². The zero-order chi connectivity index (χ0) is 17.4. The number of sulfonamides is 1. The lowest BCUT2D eigenvalue weighted by atomic mass is 9.92. The van der Waals surface area contributed by atoms with Crippen LogP contribution in [0.4, 0.5) is 5.69 Å². The van der Waals surface area contributed by atoms with Crippen molar-refractivity contribution >= 4 is 15.7 Å². The SMILES string of the molecule is CCCCCCN1C[C@@H]2[C@H](C1)C2(C)c1cccc(NS(C)(=O)=O)c1. The number of likely N-dealkylation sites (tertiary alicyclic amines) is 1. The summed E-state index contributed by atoms with van der Waals surface area (Å²) in [6, 6.07) is 7.96. The Bertz CT molecular complexity index is 674. The van der Waals surface area contributed by atoms with Gasteiger partial charge in [-0.1, -0.05) is 45.2 Å². The number of nitrogens with zero attached hydrogens (tertiary/aromatic N) is 1. The number of unbranched alkanes of at least 4 members (excludes halogenated alkanes) is 3. The van der Waals surface area contributed by atoms with E-state index in [9.17, 15) is 8.42 Å². The molecule has 1 unspecified atom stereocenters. The fraction of sp³-hybridized carbons (Fsp3) is 0.684. The first-order valence-corrected chi connectivity index (χ1v) is 11.0. The van der Waals surface area contributed by atoms with Crippen molar-refractivity contribution in [2.24, 2.45) is 11.8 Å². The molecule has 1 aromatic carbocycles.